The van der Waals surface area contributed by atoms with Crippen molar-refractivity contribution in [1.29, 1.82) is 0 Å². The molecule has 0 unspecified atom stereocenters. The van der Waals surface area contributed by atoms with Crippen LogP contribution in [0.2, 0.25) is 0 Å². The molecule has 0 aliphatic heterocycles. The number of carbonyl (C=O) groups is 1. The number of Topliss-reactive ketones (excluding diaryl/α,β-unsaturated/α-hetero) is 1. The summed E-state index contributed by atoms with van der Waals surface area (Å²) in [4.78, 5) is 13.1. The number of hydrogen-bond acceptors (Lipinski definition) is 2. The van der Waals surface area contributed by atoms with Gasteiger partial charge in [-0.2, -0.15) is 0 Å². The summed E-state index contributed by atoms with van der Waals surface area (Å²) in [6.07, 6.45) is 14.6. The molecule has 0 bridgehead atoms. The van der Waals surface area contributed by atoms with Crippen molar-refractivity contribution in [3.8, 4) is 0 Å². The van der Waals surface area contributed by atoms with E-state index >= 15 is 0 Å². The second-order valence-corrected chi connectivity index (χ2v) is 11.6. The van der Waals surface area contributed by atoms with Crippen LogP contribution in [0, 0.1) is 40.4 Å². The van der Waals surface area contributed by atoms with Crippen LogP contribution in [0.1, 0.15) is 98.3 Å². The standard InChI is InChI=1S/C26H42O2/c1-17(2)6-5-7-24(28)23-11-10-21-20-9-8-18-16-19(27)12-14-25(18,3)22(20)13-15-26(21,23)4/h8,17,19-23,27H,5-7,9-16H2,1-4H3/t19-,20-,21-,22-,23+,25-,26-/m0/s1. The highest BCUT2D eigenvalue weighted by molar-refractivity contribution is 5.82. The zero-order valence-electron chi connectivity index (χ0n) is 18.7. The van der Waals surface area contributed by atoms with Crippen molar-refractivity contribution < 1.29 is 9.90 Å². The van der Waals surface area contributed by atoms with E-state index in [1.54, 1.807) is 5.57 Å². The smallest absolute Gasteiger partial charge is 0.136 e. The molecule has 4 aliphatic carbocycles. The minimum absolute atomic E-state index is 0.121. The molecule has 2 heteroatoms. The van der Waals surface area contributed by atoms with Gasteiger partial charge in [0.15, 0.2) is 0 Å². The summed E-state index contributed by atoms with van der Waals surface area (Å²) in [5.41, 5.74) is 2.10. The molecule has 7 atom stereocenters. The molecule has 4 aliphatic rings. The predicted molar refractivity (Wildman–Crippen MR) is 115 cm³/mol. The summed E-state index contributed by atoms with van der Waals surface area (Å²) in [5, 5.41) is 10.2. The first-order valence-corrected chi connectivity index (χ1v) is 12.2. The van der Waals surface area contributed by atoms with E-state index in [4.69, 9.17) is 0 Å². The van der Waals surface area contributed by atoms with Gasteiger partial charge in [0.25, 0.3) is 0 Å². The monoisotopic (exact) mass is 386 g/mol. The Morgan fingerprint density at radius 3 is 2.68 bits per heavy atom. The molecule has 1 N–H and O–H groups in total. The fraction of sp³-hybridized carbons (Fsp3) is 0.885. The normalized spacial score (nSPS) is 45.2. The molecule has 0 aromatic rings. The maximum Gasteiger partial charge on any atom is 0.136 e. The molecule has 28 heavy (non-hydrogen) atoms. The summed E-state index contributed by atoms with van der Waals surface area (Å²) in [6.45, 7) is 9.48. The third-order valence-electron chi connectivity index (χ3n) is 9.67. The van der Waals surface area contributed by atoms with Gasteiger partial charge in [0.1, 0.15) is 5.78 Å². The van der Waals surface area contributed by atoms with Gasteiger partial charge in [-0.15, -0.1) is 0 Å². The van der Waals surface area contributed by atoms with Gasteiger partial charge in [-0.25, -0.2) is 0 Å². The Morgan fingerprint density at radius 2 is 1.93 bits per heavy atom. The Hall–Kier alpha value is -0.630. The highest BCUT2D eigenvalue weighted by Gasteiger charge is 2.59. The van der Waals surface area contributed by atoms with Gasteiger partial charge < -0.3 is 5.11 Å². The molecule has 0 radical (unpaired) electrons. The summed E-state index contributed by atoms with van der Waals surface area (Å²) < 4.78 is 0. The molecule has 0 aromatic heterocycles. The van der Waals surface area contributed by atoms with Crippen molar-refractivity contribution in [2.75, 3.05) is 0 Å². The van der Waals surface area contributed by atoms with Crippen LogP contribution in [0.15, 0.2) is 11.6 Å². The van der Waals surface area contributed by atoms with E-state index in [1.165, 1.54) is 32.1 Å². The van der Waals surface area contributed by atoms with Crippen LogP contribution in [0.3, 0.4) is 0 Å². The largest absolute Gasteiger partial charge is 0.393 e. The average Bonchev–Trinajstić information content (AvgIpc) is 2.99. The van der Waals surface area contributed by atoms with Gasteiger partial charge >= 0.3 is 0 Å². The molecule has 0 spiro atoms. The van der Waals surface area contributed by atoms with E-state index in [1.807, 2.05) is 0 Å². The van der Waals surface area contributed by atoms with Gasteiger partial charge in [0, 0.05) is 12.3 Å². The number of aliphatic hydroxyl groups is 1. The first-order chi connectivity index (χ1) is 13.3. The Bertz CT molecular complexity index is 634. The number of rotatable bonds is 5. The van der Waals surface area contributed by atoms with Crippen LogP contribution >= 0.6 is 0 Å². The number of aliphatic hydroxyl groups excluding tert-OH is 1. The molecule has 0 saturated heterocycles. The number of ketones is 1. The first kappa shape index (κ1) is 20.6. The maximum atomic E-state index is 13.1. The van der Waals surface area contributed by atoms with Crippen LogP contribution < -0.4 is 0 Å². The zero-order valence-corrected chi connectivity index (χ0v) is 18.7. The lowest BCUT2D eigenvalue weighted by Gasteiger charge is -2.58. The van der Waals surface area contributed by atoms with E-state index in [9.17, 15) is 9.90 Å². The van der Waals surface area contributed by atoms with E-state index in [-0.39, 0.29) is 11.5 Å². The molecule has 3 saturated carbocycles. The van der Waals surface area contributed by atoms with Crippen LogP contribution in [-0.4, -0.2) is 17.0 Å². The Kier molecular flexibility index (Phi) is 5.57. The second kappa shape index (κ2) is 7.56. The van der Waals surface area contributed by atoms with Gasteiger partial charge in [-0.05, 0) is 92.3 Å². The van der Waals surface area contributed by atoms with Crippen molar-refractivity contribution in [3.05, 3.63) is 11.6 Å². The fourth-order valence-electron chi connectivity index (χ4n) is 8.03. The average molecular weight is 387 g/mol. The van der Waals surface area contributed by atoms with Crippen LogP contribution in [0.5, 0.6) is 0 Å². The number of fused-ring (bicyclic) bond motifs is 5. The lowest BCUT2D eigenvalue weighted by atomic mass is 9.47. The van der Waals surface area contributed by atoms with Crippen LogP contribution in [0.25, 0.3) is 0 Å². The maximum absolute atomic E-state index is 13.1. The molecule has 2 nitrogen and oxygen atoms in total. The summed E-state index contributed by atoms with van der Waals surface area (Å²) in [6, 6.07) is 0. The lowest BCUT2D eigenvalue weighted by molar-refractivity contribution is -0.129. The third kappa shape index (κ3) is 3.32. The molecule has 4 rings (SSSR count). The van der Waals surface area contributed by atoms with E-state index in [2.05, 4.69) is 33.8 Å². The zero-order chi connectivity index (χ0) is 20.1. The quantitative estimate of drug-likeness (QED) is 0.561. The lowest BCUT2D eigenvalue weighted by Crippen LogP contribution is -2.51. The molecular formula is C26H42O2. The van der Waals surface area contributed by atoms with Crippen molar-refractivity contribution in [2.24, 2.45) is 40.4 Å². The highest BCUT2D eigenvalue weighted by atomic mass is 16.3. The molecular weight excluding hydrogens is 344 g/mol. The second-order valence-electron chi connectivity index (χ2n) is 11.6. The molecule has 3 fully saturated rings. The summed E-state index contributed by atoms with van der Waals surface area (Å²) >= 11 is 0. The molecule has 158 valence electrons. The van der Waals surface area contributed by atoms with E-state index in [0.717, 1.165) is 56.3 Å². The summed E-state index contributed by atoms with van der Waals surface area (Å²) in [7, 11) is 0. The van der Waals surface area contributed by atoms with Crippen molar-refractivity contribution >= 4 is 5.78 Å². The Balaban J connectivity index is 1.50. The predicted octanol–water partition coefficient (Wildman–Crippen LogP) is 6.32. The Morgan fingerprint density at radius 1 is 1.14 bits per heavy atom. The van der Waals surface area contributed by atoms with Gasteiger partial charge in [-0.1, -0.05) is 45.8 Å². The van der Waals surface area contributed by atoms with Gasteiger partial charge in [0.05, 0.1) is 6.10 Å². The number of carbonyl (C=O) groups excluding carboxylic acids is 1. The molecule has 0 heterocycles. The minimum atomic E-state index is -0.121. The number of allylic oxidation sites excluding steroid dienone is 1. The van der Waals surface area contributed by atoms with Crippen molar-refractivity contribution in [2.45, 2.75) is 104 Å². The third-order valence-corrected chi connectivity index (χ3v) is 9.67. The number of hydrogen-bond donors (Lipinski definition) is 1. The van der Waals surface area contributed by atoms with Crippen molar-refractivity contribution in [1.82, 2.24) is 0 Å². The Labute approximate surface area is 172 Å². The van der Waals surface area contributed by atoms with Crippen LogP contribution in [-0.2, 0) is 4.79 Å². The van der Waals surface area contributed by atoms with E-state index < -0.39 is 0 Å². The molecule has 0 aromatic carbocycles. The van der Waals surface area contributed by atoms with E-state index in [0.29, 0.717) is 23.0 Å². The highest BCUT2D eigenvalue weighted by Crippen LogP contribution is 2.66. The SMILES string of the molecule is CC(C)CCCC(=O)[C@H]1CC[C@H]2[C@@H]3CC=C4C[C@@H](O)CC[C@]4(C)[C@H]3CC[C@]12C. The fourth-order valence-corrected chi connectivity index (χ4v) is 8.03. The van der Waals surface area contributed by atoms with Gasteiger partial charge in [0.2, 0.25) is 0 Å². The van der Waals surface area contributed by atoms with Crippen molar-refractivity contribution in [3.63, 3.8) is 0 Å². The van der Waals surface area contributed by atoms with Crippen LogP contribution in [0.4, 0.5) is 0 Å². The summed E-state index contributed by atoms with van der Waals surface area (Å²) in [5.74, 6) is 3.85. The topological polar surface area (TPSA) is 37.3 Å². The van der Waals surface area contributed by atoms with Gasteiger partial charge in [-0.3, -0.25) is 4.79 Å². The first-order valence-electron chi connectivity index (χ1n) is 12.2. The molecule has 0 amide bonds. The minimum Gasteiger partial charge on any atom is -0.393 e.